The number of nitrogens with one attached hydrogen (secondary N) is 1. The average molecular weight is 326 g/mol. The molecule has 0 aromatic carbocycles. The summed E-state index contributed by atoms with van der Waals surface area (Å²) >= 11 is 0. The SMILES string of the molecule is CC1(O)CCCC(C)(NC2(C)CCCC(C)(O)CCC2)CCC1. The number of aliphatic hydroxyl groups is 2. The molecule has 2 saturated carbocycles. The molecule has 3 heteroatoms. The van der Waals surface area contributed by atoms with Gasteiger partial charge in [-0.1, -0.05) is 0 Å². The molecule has 0 atom stereocenters. The second kappa shape index (κ2) is 7.01. The fraction of sp³-hybridized carbons (Fsp3) is 1.00. The molecule has 136 valence electrons. The third kappa shape index (κ3) is 6.03. The van der Waals surface area contributed by atoms with Crippen LogP contribution in [0.3, 0.4) is 0 Å². The van der Waals surface area contributed by atoms with Gasteiger partial charge in [-0.2, -0.15) is 0 Å². The monoisotopic (exact) mass is 325 g/mol. The van der Waals surface area contributed by atoms with Gasteiger partial charge in [0.15, 0.2) is 0 Å². The molecule has 23 heavy (non-hydrogen) atoms. The van der Waals surface area contributed by atoms with E-state index >= 15 is 0 Å². The molecule has 0 aliphatic heterocycles. The van der Waals surface area contributed by atoms with Crippen molar-refractivity contribution in [1.29, 1.82) is 0 Å². The van der Waals surface area contributed by atoms with Crippen LogP contribution in [-0.2, 0) is 0 Å². The summed E-state index contributed by atoms with van der Waals surface area (Å²) in [7, 11) is 0. The van der Waals surface area contributed by atoms with Crippen molar-refractivity contribution >= 4 is 0 Å². The summed E-state index contributed by atoms with van der Waals surface area (Å²) in [5.74, 6) is 0. The van der Waals surface area contributed by atoms with Crippen molar-refractivity contribution in [2.75, 3.05) is 0 Å². The molecule has 0 radical (unpaired) electrons. The molecule has 2 aliphatic rings. The number of hydrogen-bond acceptors (Lipinski definition) is 3. The predicted octanol–water partition coefficient (Wildman–Crippen LogP) is 4.30. The molecular formula is C20H39NO2. The van der Waals surface area contributed by atoms with Gasteiger partial charge in [0.1, 0.15) is 0 Å². The van der Waals surface area contributed by atoms with Crippen LogP contribution in [0.4, 0.5) is 0 Å². The van der Waals surface area contributed by atoms with Crippen LogP contribution in [0.1, 0.15) is 105 Å². The molecule has 0 bridgehead atoms. The van der Waals surface area contributed by atoms with Crippen molar-refractivity contribution in [3.63, 3.8) is 0 Å². The largest absolute Gasteiger partial charge is 0.390 e. The quantitative estimate of drug-likeness (QED) is 0.709. The Morgan fingerprint density at radius 3 is 1.04 bits per heavy atom. The zero-order valence-corrected chi connectivity index (χ0v) is 15.9. The van der Waals surface area contributed by atoms with Crippen molar-refractivity contribution < 1.29 is 10.2 Å². The molecular weight excluding hydrogens is 286 g/mol. The smallest absolute Gasteiger partial charge is 0.0619 e. The Hall–Kier alpha value is -0.120. The molecule has 0 aromatic rings. The molecule has 0 spiro atoms. The Labute approximate surface area is 143 Å². The van der Waals surface area contributed by atoms with Crippen molar-refractivity contribution in [1.82, 2.24) is 5.32 Å². The maximum Gasteiger partial charge on any atom is 0.0619 e. The van der Waals surface area contributed by atoms with Gasteiger partial charge >= 0.3 is 0 Å². The Morgan fingerprint density at radius 2 is 0.783 bits per heavy atom. The molecule has 2 aliphatic carbocycles. The second-order valence-electron chi connectivity index (χ2n) is 9.65. The van der Waals surface area contributed by atoms with Gasteiger partial charge in [-0.3, -0.25) is 0 Å². The van der Waals surface area contributed by atoms with Crippen LogP contribution in [0.2, 0.25) is 0 Å². The maximum atomic E-state index is 10.3. The normalized spacial score (nSPS) is 47.2. The van der Waals surface area contributed by atoms with Crippen molar-refractivity contribution in [3.05, 3.63) is 0 Å². The van der Waals surface area contributed by atoms with Gasteiger partial charge in [0.05, 0.1) is 11.2 Å². The van der Waals surface area contributed by atoms with Crippen molar-refractivity contribution in [2.24, 2.45) is 0 Å². The lowest BCUT2D eigenvalue weighted by atomic mass is 9.76. The summed E-state index contributed by atoms with van der Waals surface area (Å²) in [5, 5.41) is 24.6. The summed E-state index contributed by atoms with van der Waals surface area (Å²) in [5.41, 5.74) is -0.548. The number of rotatable bonds is 2. The van der Waals surface area contributed by atoms with E-state index in [2.05, 4.69) is 19.2 Å². The highest BCUT2D eigenvalue weighted by atomic mass is 16.3. The lowest BCUT2D eigenvalue weighted by Crippen LogP contribution is -2.56. The maximum absolute atomic E-state index is 10.3. The van der Waals surface area contributed by atoms with Crippen LogP contribution in [0, 0.1) is 0 Å². The third-order valence-corrected chi connectivity index (χ3v) is 6.38. The first-order chi connectivity index (χ1) is 10.5. The standard InChI is InChI=1S/C20H39NO2/c1-17(9-5-13-19(3,22)14-6-10-17)21-18(2)11-7-15-20(4,23)16-8-12-18/h21-23H,5-16H2,1-4H3. The molecule has 0 heterocycles. The van der Waals surface area contributed by atoms with E-state index < -0.39 is 11.2 Å². The van der Waals surface area contributed by atoms with Gasteiger partial charge in [-0.05, 0) is 105 Å². The summed E-state index contributed by atoms with van der Waals surface area (Å²) in [6.07, 6.45) is 12.7. The highest BCUT2D eigenvalue weighted by Gasteiger charge is 2.37. The van der Waals surface area contributed by atoms with Gasteiger partial charge in [0.2, 0.25) is 0 Å². The van der Waals surface area contributed by atoms with Gasteiger partial charge in [-0.25, -0.2) is 0 Å². The fourth-order valence-corrected chi connectivity index (χ4v) is 4.92. The van der Waals surface area contributed by atoms with Crippen LogP contribution >= 0.6 is 0 Å². The topological polar surface area (TPSA) is 52.5 Å². The molecule has 0 amide bonds. The highest BCUT2D eigenvalue weighted by molar-refractivity contribution is 4.97. The van der Waals surface area contributed by atoms with E-state index in [1.807, 2.05) is 13.8 Å². The first kappa shape index (κ1) is 19.2. The van der Waals surface area contributed by atoms with Crippen LogP contribution in [0.5, 0.6) is 0 Å². The van der Waals surface area contributed by atoms with Crippen LogP contribution < -0.4 is 5.32 Å². The zero-order chi connectivity index (χ0) is 17.2. The van der Waals surface area contributed by atoms with Crippen LogP contribution in [0.15, 0.2) is 0 Å². The van der Waals surface area contributed by atoms with E-state index in [4.69, 9.17) is 0 Å². The molecule has 0 saturated heterocycles. The van der Waals surface area contributed by atoms with E-state index in [-0.39, 0.29) is 11.1 Å². The molecule has 0 aromatic heterocycles. The van der Waals surface area contributed by atoms with E-state index in [1.165, 1.54) is 0 Å². The van der Waals surface area contributed by atoms with Crippen LogP contribution in [0.25, 0.3) is 0 Å². The van der Waals surface area contributed by atoms with Gasteiger partial charge in [0.25, 0.3) is 0 Å². The molecule has 0 unspecified atom stereocenters. The predicted molar refractivity (Wildman–Crippen MR) is 96.6 cm³/mol. The van der Waals surface area contributed by atoms with Crippen molar-refractivity contribution in [2.45, 2.75) is 127 Å². The molecule has 2 fully saturated rings. The summed E-state index contributed by atoms with van der Waals surface area (Å²) in [4.78, 5) is 0. The second-order valence-corrected chi connectivity index (χ2v) is 9.65. The Balaban J connectivity index is 1.95. The Morgan fingerprint density at radius 1 is 0.522 bits per heavy atom. The summed E-state index contributed by atoms with van der Waals surface area (Å²) in [6.45, 7) is 8.75. The van der Waals surface area contributed by atoms with Gasteiger partial charge < -0.3 is 15.5 Å². The fourth-order valence-electron chi connectivity index (χ4n) is 4.92. The van der Waals surface area contributed by atoms with Gasteiger partial charge in [0, 0.05) is 11.1 Å². The summed E-state index contributed by atoms with van der Waals surface area (Å²) in [6, 6.07) is 0. The lowest BCUT2D eigenvalue weighted by Gasteiger charge is -2.45. The van der Waals surface area contributed by atoms with E-state index in [0.717, 1.165) is 77.0 Å². The van der Waals surface area contributed by atoms with Crippen LogP contribution in [-0.4, -0.2) is 32.5 Å². The van der Waals surface area contributed by atoms with Gasteiger partial charge in [-0.15, -0.1) is 0 Å². The number of hydrogen-bond donors (Lipinski definition) is 3. The van der Waals surface area contributed by atoms with E-state index in [1.54, 1.807) is 0 Å². The minimum Gasteiger partial charge on any atom is -0.390 e. The lowest BCUT2D eigenvalue weighted by molar-refractivity contribution is 0.0143. The summed E-state index contributed by atoms with van der Waals surface area (Å²) < 4.78 is 0. The average Bonchev–Trinajstić information content (AvgIpc) is 2.34. The first-order valence-electron chi connectivity index (χ1n) is 9.78. The molecule has 3 nitrogen and oxygen atoms in total. The zero-order valence-electron chi connectivity index (χ0n) is 15.9. The third-order valence-electron chi connectivity index (χ3n) is 6.38. The Bertz CT molecular complexity index is 329. The molecule has 2 rings (SSSR count). The molecule has 3 N–H and O–H groups in total. The minimum absolute atomic E-state index is 0.187. The Kier molecular flexibility index (Phi) is 5.86. The minimum atomic E-state index is -0.461. The van der Waals surface area contributed by atoms with E-state index in [0.29, 0.717) is 0 Å². The van der Waals surface area contributed by atoms with Crippen molar-refractivity contribution in [3.8, 4) is 0 Å². The first-order valence-corrected chi connectivity index (χ1v) is 9.78. The highest BCUT2D eigenvalue weighted by Crippen LogP contribution is 2.36. The van der Waals surface area contributed by atoms with E-state index in [9.17, 15) is 10.2 Å².